The summed E-state index contributed by atoms with van der Waals surface area (Å²) in [5.41, 5.74) is 0.860. The van der Waals surface area contributed by atoms with Gasteiger partial charge >= 0.3 is 0 Å². The van der Waals surface area contributed by atoms with Gasteiger partial charge in [-0.05, 0) is 12.1 Å². The van der Waals surface area contributed by atoms with Crippen LogP contribution < -0.4 is 15.0 Å². The SMILES string of the molecule is COCCNCC(=O)N1CCN(c2ccc(F)cc2OC)CC1.Cl.Cl. The molecular weight excluding hydrogens is 372 g/mol. The van der Waals surface area contributed by atoms with Gasteiger partial charge in [0.2, 0.25) is 5.91 Å². The van der Waals surface area contributed by atoms with Crippen LogP contribution in [0.15, 0.2) is 18.2 Å². The molecule has 1 aliphatic heterocycles. The molecule has 0 spiro atoms. The summed E-state index contributed by atoms with van der Waals surface area (Å²) < 4.78 is 23.5. The third kappa shape index (κ3) is 6.86. The van der Waals surface area contributed by atoms with Crippen LogP contribution in [0, 0.1) is 5.82 Å². The molecule has 0 atom stereocenters. The normalized spacial score (nSPS) is 13.7. The molecule has 9 heteroatoms. The fraction of sp³-hybridized carbons (Fsp3) is 0.562. The average molecular weight is 398 g/mol. The van der Waals surface area contributed by atoms with E-state index in [1.54, 1.807) is 13.2 Å². The molecule has 1 amide bonds. The highest BCUT2D eigenvalue weighted by Gasteiger charge is 2.22. The number of hydrogen-bond donors (Lipinski definition) is 1. The first-order valence-corrected chi connectivity index (χ1v) is 7.71. The van der Waals surface area contributed by atoms with Crippen LogP contribution in [0.5, 0.6) is 5.75 Å². The lowest BCUT2D eigenvalue weighted by molar-refractivity contribution is -0.130. The number of nitrogens with one attached hydrogen (secondary N) is 1. The second-order valence-corrected chi connectivity index (χ2v) is 5.35. The van der Waals surface area contributed by atoms with Gasteiger partial charge in [0.05, 0.1) is 25.9 Å². The van der Waals surface area contributed by atoms with Gasteiger partial charge in [-0.3, -0.25) is 4.79 Å². The summed E-state index contributed by atoms with van der Waals surface area (Å²) in [7, 11) is 3.16. The van der Waals surface area contributed by atoms with Crippen molar-refractivity contribution in [1.82, 2.24) is 10.2 Å². The first-order valence-electron chi connectivity index (χ1n) is 7.71. The topological polar surface area (TPSA) is 54.0 Å². The Morgan fingerprint density at radius 2 is 1.88 bits per heavy atom. The maximum absolute atomic E-state index is 13.3. The van der Waals surface area contributed by atoms with Crippen molar-refractivity contribution in [3.05, 3.63) is 24.0 Å². The van der Waals surface area contributed by atoms with E-state index in [0.717, 1.165) is 5.69 Å². The third-order valence-corrected chi connectivity index (χ3v) is 3.87. The smallest absolute Gasteiger partial charge is 0.236 e. The van der Waals surface area contributed by atoms with Gasteiger partial charge in [0.15, 0.2) is 0 Å². The van der Waals surface area contributed by atoms with Crippen molar-refractivity contribution in [2.75, 3.05) is 65.0 Å². The molecule has 0 aliphatic carbocycles. The number of hydrogen-bond acceptors (Lipinski definition) is 5. The fourth-order valence-corrected chi connectivity index (χ4v) is 2.59. The molecule has 1 N–H and O–H groups in total. The maximum Gasteiger partial charge on any atom is 0.236 e. The van der Waals surface area contributed by atoms with Crippen molar-refractivity contribution in [1.29, 1.82) is 0 Å². The predicted octanol–water partition coefficient (Wildman–Crippen LogP) is 1.56. The van der Waals surface area contributed by atoms with E-state index in [2.05, 4.69) is 10.2 Å². The van der Waals surface area contributed by atoms with Gasteiger partial charge in [0.1, 0.15) is 11.6 Å². The summed E-state index contributed by atoms with van der Waals surface area (Å²) in [6, 6.07) is 4.53. The Bertz CT molecular complexity index is 529. The molecule has 1 aromatic rings. The minimum absolute atomic E-state index is 0. The first kappa shape index (κ1) is 23.7. The van der Waals surface area contributed by atoms with E-state index in [1.807, 2.05) is 4.90 Å². The summed E-state index contributed by atoms with van der Waals surface area (Å²) in [6.07, 6.45) is 0. The van der Waals surface area contributed by atoms with Crippen molar-refractivity contribution < 1.29 is 18.7 Å². The number of nitrogens with zero attached hydrogens (tertiary/aromatic N) is 2. The molecule has 1 heterocycles. The highest BCUT2D eigenvalue weighted by Crippen LogP contribution is 2.29. The molecule has 144 valence electrons. The molecule has 0 bridgehead atoms. The molecule has 2 rings (SSSR count). The van der Waals surface area contributed by atoms with E-state index in [9.17, 15) is 9.18 Å². The summed E-state index contributed by atoms with van der Waals surface area (Å²) >= 11 is 0. The molecule has 6 nitrogen and oxygen atoms in total. The van der Waals surface area contributed by atoms with Crippen LogP contribution in [0.3, 0.4) is 0 Å². The molecule has 1 aromatic carbocycles. The Labute approximate surface area is 160 Å². The lowest BCUT2D eigenvalue weighted by Crippen LogP contribution is -2.51. The number of rotatable bonds is 7. The highest BCUT2D eigenvalue weighted by atomic mass is 35.5. The fourth-order valence-electron chi connectivity index (χ4n) is 2.59. The third-order valence-electron chi connectivity index (χ3n) is 3.87. The molecule has 0 unspecified atom stereocenters. The van der Waals surface area contributed by atoms with Gasteiger partial charge in [-0.2, -0.15) is 0 Å². The zero-order valence-electron chi connectivity index (χ0n) is 14.5. The summed E-state index contributed by atoms with van der Waals surface area (Å²) in [5.74, 6) is 0.291. The Hall–Kier alpha value is -1.28. The number of piperazine rings is 1. The van der Waals surface area contributed by atoms with Crippen molar-refractivity contribution in [3.63, 3.8) is 0 Å². The predicted molar refractivity (Wildman–Crippen MR) is 101 cm³/mol. The van der Waals surface area contributed by atoms with Gasteiger partial charge in [0.25, 0.3) is 0 Å². The minimum atomic E-state index is -0.318. The Morgan fingerprint density at radius 3 is 2.48 bits per heavy atom. The van der Waals surface area contributed by atoms with Crippen LogP contribution >= 0.6 is 24.8 Å². The largest absolute Gasteiger partial charge is 0.494 e. The number of carbonyl (C=O) groups is 1. The van der Waals surface area contributed by atoms with Crippen LogP contribution in [-0.2, 0) is 9.53 Å². The monoisotopic (exact) mass is 397 g/mol. The first-order chi connectivity index (χ1) is 11.2. The molecule has 1 fully saturated rings. The number of halogens is 3. The van der Waals surface area contributed by atoms with Crippen LogP contribution in [0.1, 0.15) is 0 Å². The summed E-state index contributed by atoms with van der Waals surface area (Å²) in [6.45, 7) is 4.26. The van der Waals surface area contributed by atoms with Gasteiger partial charge in [-0.15, -0.1) is 24.8 Å². The quantitative estimate of drug-likeness (QED) is 0.707. The number of ether oxygens (including phenoxy) is 2. The number of anilines is 1. The van der Waals surface area contributed by atoms with Crippen LogP contribution in [0.4, 0.5) is 10.1 Å². The Kier molecular flexibility index (Phi) is 11.5. The Morgan fingerprint density at radius 1 is 1.20 bits per heavy atom. The van der Waals surface area contributed by atoms with Crippen LogP contribution in [0.2, 0.25) is 0 Å². The average Bonchev–Trinajstić information content (AvgIpc) is 2.58. The van der Waals surface area contributed by atoms with Crippen molar-refractivity contribution in [2.24, 2.45) is 0 Å². The molecule has 1 aliphatic rings. The maximum atomic E-state index is 13.3. The molecule has 0 aromatic heterocycles. The minimum Gasteiger partial charge on any atom is -0.494 e. The van der Waals surface area contributed by atoms with Crippen LogP contribution in [-0.4, -0.2) is 70.9 Å². The van der Waals surface area contributed by atoms with E-state index in [-0.39, 0.29) is 36.5 Å². The second-order valence-electron chi connectivity index (χ2n) is 5.35. The number of methoxy groups -OCH3 is 2. The zero-order valence-corrected chi connectivity index (χ0v) is 16.1. The van der Waals surface area contributed by atoms with Gasteiger partial charge < -0.3 is 24.6 Å². The summed E-state index contributed by atoms with van der Waals surface area (Å²) in [5, 5.41) is 3.06. The molecule has 25 heavy (non-hydrogen) atoms. The standard InChI is InChI=1S/C16H24FN3O3.2ClH/c1-22-10-5-18-12-16(21)20-8-6-19(7-9-20)14-4-3-13(17)11-15(14)23-2;;/h3-4,11,18H,5-10,12H2,1-2H3;2*1H. The number of carbonyl (C=O) groups excluding carboxylic acids is 1. The van der Waals surface area contributed by atoms with Gasteiger partial charge in [0, 0.05) is 45.9 Å². The molecule has 0 radical (unpaired) electrons. The molecule has 0 saturated carbocycles. The van der Waals surface area contributed by atoms with E-state index < -0.39 is 0 Å². The molecule has 1 saturated heterocycles. The zero-order chi connectivity index (χ0) is 16.7. The van der Waals surface area contributed by atoms with Crippen molar-refractivity contribution in [2.45, 2.75) is 0 Å². The lowest BCUT2D eigenvalue weighted by Gasteiger charge is -2.36. The van der Waals surface area contributed by atoms with E-state index in [1.165, 1.54) is 19.2 Å². The van der Waals surface area contributed by atoms with Crippen molar-refractivity contribution in [3.8, 4) is 5.75 Å². The lowest BCUT2D eigenvalue weighted by atomic mass is 10.2. The Balaban J connectivity index is 0.00000288. The number of amides is 1. The highest BCUT2D eigenvalue weighted by molar-refractivity contribution is 5.85. The van der Waals surface area contributed by atoms with Gasteiger partial charge in [-0.25, -0.2) is 4.39 Å². The van der Waals surface area contributed by atoms with E-state index >= 15 is 0 Å². The van der Waals surface area contributed by atoms with Crippen LogP contribution in [0.25, 0.3) is 0 Å². The number of benzene rings is 1. The second kappa shape index (κ2) is 12.1. The van der Waals surface area contributed by atoms with E-state index in [0.29, 0.717) is 51.6 Å². The molecular formula is C16H26Cl2FN3O3. The van der Waals surface area contributed by atoms with Gasteiger partial charge in [-0.1, -0.05) is 0 Å². The van der Waals surface area contributed by atoms with E-state index in [4.69, 9.17) is 9.47 Å². The summed E-state index contributed by atoms with van der Waals surface area (Å²) in [4.78, 5) is 16.1. The van der Waals surface area contributed by atoms with Crippen molar-refractivity contribution >= 4 is 36.4 Å².